The highest BCUT2D eigenvalue weighted by molar-refractivity contribution is 6.02. The van der Waals surface area contributed by atoms with Gasteiger partial charge in [-0.2, -0.15) is 5.26 Å². The molecular weight excluding hydrogens is 374 g/mol. The summed E-state index contributed by atoms with van der Waals surface area (Å²) in [5.41, 5.74) is 0.224. The Kier molecular flexibility index (Phi) is 6.94. The van der Waals surface area contributed by atoms with Crippen LogP contribution in [0.2, 0.25) is 0 Å². The smallest absolute Gasteiger partial charge is 0.267 e. The highest BCUT2D eigenvalue weighted by atomic mass is 16.5. The molecule has 0 spiro atoms. The van der Waals surface area contributed by atoms with Gasteiger partial charge >= 0.3 is 0 Å². The summed E-state index contributed by atoms with van der Waals surface area (Å²) in [5, 5.41) is 12.2. The highest BCUT2D eigenvalue weighted by Crippen LogP contribution is 2.20. The summed E-state index contributed by atoms with van der Waals surface area (Å²) in [6, 6.07) is 7.17. The molecule has 29 heavy (non-hydrogen) atoms. The molecule has 0 saturated carbocycles. The molecule has 0 aliphatic carbocycles. The number of hydrogen-bond donors (Lipinski definition) is 1. The molecule has 1 fully saturated rings. The number of aromatic nitrogens is 2. The zero-order chi connectivity index (χ0) is 20.6. The average molecular weight is 397 g/mol. The van der Waals surface area contributed by atoms with Gasteiger partial charge in [0.25, 0.3) is 11.5 Å². The predicted octanol–water partition coefficient (Wildman–Crippen LogP) is 0.591. The number of rotatable bonds is 7. The summed E-state index contributed by atoms with van der Waals surface area (Å²) in [6.07, 6.45) is 3.56. The molecule has 2 aromatic heterocycles. The van der Waals surface area contributed by atoms with E-state index in [4.69, 9.17) is 9.47 Å². The van der Waals surface area contributed by atoms with E-state index in [-0.39, 0.29) is 16.7 Å². The van der Waals surface area contributed by atoms with Gasteiger partial charge in [0, 0.05) is 39.5 Å². The van der Waals surface area contributed by atoms with E-state index in [0.29, 0.717) is 57.3 Å². The topological polar surface area (TPSA) is 109 Å². The molecule has 0 bridgehead atoms. The number of fused-ring (bicyclic) bond motifs is 1. The molecule has 0 atom stereocenters. The number of nitriles is 1. The number of morpholine rings is 1. The maximum Gasteiger partial charge on any atom is 0.267 e. The van der Waals surface area contributed by atoms with Crippen molar-refractivity contribution in [2.24, 2.45) is 0 Å². The van der Waals surface area contributed by atoms with E-state index < -0.39 is 5.91 Å². The number of pyridine rings is 1. The molecule has 1 amide bonds. The van der Waals surface area contributed by atoms with Crippen molar-refractivity contribution < 1.29 is 14.3 Å². The van der Waals surface area contributed by atoms with Gasteiger partial charge in [-0.15, -0.1) is 0 Å². The Balaban J connectivity index is 2.02. The number of hydrogen-bond acceptors (Lipinski definition) is 7. The molecule has 0 aromatic carbocycles. The molecule has 2 aromatic rings. The van der Waals surface area contributed by atoms with Gasteiger partial charge in [-0.1, -0.05) is 6.07 Å². The number of amides is 1. The van der Waals surface area contributed by atoms with Crippen LogP contribution in [0.4, 0.5) is 5.82 Å². The van der Waals surface area contributed by atoms with Crippen LogP contribution in [-0.2, 0) is 14.3 Å². The molecule has 1 aliphatic rings. The molecule has 152 valence electrons. The van der Waals surface area contributed by atoms with Crippen LogP contribution in [0.25, 0.3) is 11.7 Å². The molecule has 1 aliphatic heterocycles. The van der Waals surface area contributed by atoms with Gasteiger partial charge < -0.3 is 19.7 Å². The Bertz CT molecular complexity index is 1000. The molecule has 9 nitrogen and oxygen atoms in total. The molecule has 3 rings (SSSR count). The van der Waals surface area contributed by atoms with Gasteiger partial charge in [-0.25, -0.2) is 4.98 Å². The first kappa shape index (κ1) is 20.5. The normalized spacial score (nSPS) is 14.6. The van der Waals surface area contributed by atoms with E-state index in [1.165, 1.54) is 10.5 Å². The van der Waals surface area contributed by atoms with Crippen molar-refractivity contribution in [1.82, 2.24) is 14.7 Å². The second-order valence-electron chi connectivity index (χ2n) is 6.45. The molecule has 3 heterocycles. The number of nitrogens with one attached hydrogen (secondary N) is 1. The van der Waals surface area contributed by atoms with Crippen LogP contribution in [0, 0.1) is 11.3 Å². The van der Waals surface area contributed by atoms with Crippen LogP contribution < -0.4 is 15.8 Å². The lowest BCUT2D eigenvalue weighted by atomic mass is 10.1. The first-order chi connectivity index (χ1) is 14.2. The van der Waals surface area contributed by atoms with Gasteiger partial charge in [0.15, 0.2) is 0 Å². The summed E-state index contributed by atoms with van der Waals surface area (Å²) < 4.78 is 11.7. The second-order valence-corrected chi connectivity index (χ2v) is 6.45. The maximum atomic E-state index is 13.1. The lowest BCUT2D eigenvalue weighted by molar-refractivity contribution is -0.117. The maximum absolute atomic E-state index is 13.1. The summed E-state index contributed by atoms with van der Waals surface area (Å²) in [7, 11) is 1.58. The lowest BCUT2D eigenvalue weighted by Crippen LogP contribution is -2.38. The minimum Gasteiger partial charge on any atom is -0.385 e. The third-order valence-electron chi connectivity index (χ3n) is 4.52. The van der Waals surface area contributed by atoms with Crippen LogP contribution in [0.15, 0.2) is 34.8 Å². The largest absolute Gasteiger partial charge is 0.385 e. The average Bonchev–Trinajstić information content (AvgIpc) is 2.76. The number of carbonyl (C=O) groups excluding carboxylic acids is 1. The fourth-order valence-electron chi connectivity index (χ4n) is 3.04. The van der Waals surface area contributed by atoms with Crippen molar-refractivity contribution >= 4 is 23.4 Å². The quantitative estimate of drug-likeness (QED) is 0.414. The number of anilines is 1. The van der Waals surface area contributed by atoms with E-state index in [1.54, 1.807) is 31.5 Å². The van der Waals surface area contributed by atoms with E-state index in [1.807, 2.05) is 11.0 Å². The Morgan fingerprint density at radius 3 is 2.93 bits per heavy atom. The minimum absolute atomic E-state index is 0.147. The Morgan fingerprint density at radius 2 is 2.21 bits per heavy atom. The number of ether oxygens (including phenoxy) is 2. The van der Waals surface area contributed by atoms with E-state index in [2.05, 4.69) is 10.3 Å². The monoisotopic (exact) mass is 397 g/mol. The van der Waals surface area contributed by atoms with Crippen LogP contribution in [0.3, 0.4) is 0 Å². The second kappa shape index (κ2) is 9.82. The van der Waals surface area contributed by atoms with Crippen molar-refractivity contribution in [2.45, 2.75) is 6.42 Å². The van der Waals surface area contributed by atoms with Gasteiger partial charge in [0.2, 0.25) is 0 Å². The number of methoxy groups -OCH3 is 1. The van der Waals surface area contributed by atoms with E-state index >= 15 is 0 Å². The predicted molar refractivity (Wildman–Crippen MR) is 108 cm³/mol. The summed E-state index contributed by atoms with van der Waals surface area (Å²) in [5.74, 6) is -0.0847. The third kappa shape index (κ3) is 4.80. The number of carbonyl (C=O) groups is 1. The molecule has 9 heteroatoms. The van der Waals surface area contributed by atoms with Crippen molar-refractivity contribution in [2.75, 3.05) is 51.5 Å². The van der Waals surface area contributed by atoms with Crippen LogP contribution in [0.1, 0.15) is 12.0 Å². The Morgan fingerprint density at radius 1 is 1.41 bits per heavy atom. The minimum atomic E-state index is -0.533. The zero-order valence-electron chi connectivity index (χ0n) is 16.3. The number of nitrogens with zero attached hydrogens (tertiary/aromatic N) is 4. The van der Waals surface area contributed by atoms with E-state index in [0.717, 1.165) is 0 Å². The third-order valence-corrected chi connectivity index (χ3v) is 4.52. The highest BCUT2D eigenvalue weighted by Gasteiger charge is 2.21. The van der Waals surface area contributed by atoms with Gasteiger partial charge in [0.05, 0.1) is 18.8 Å². The zero-order valence-corrected chi connectivity index (χ0v) is 16.3. The molecule has 0 radical (unpaired) electrons. The van der Waals surface area contributed by atoms with Crippen LogP contribution in [0.5, 0.6) is 0 Å². The molecule has 0 unspecified atom stereocenters. The summed E-state index contributed by atoms with van der Waals surface area (Å²) in [4.78, 5) is 32.1. The molecular formula is C20H23N5O4. The standard InChI is InChI=1S/C20H23N5O4/c1-28-10-4-6-22-19(26)15(14-21)13-16-18(24-8-11-29-12-9-24)23-17-5-2-3-7-25(17)20(16)27/h2-3,5,7,13H,4,6,8-12H2,1H3,(H,22,26)/b15-13+. The van der Waals surface area contributed by atoms with Gasteiger partial charge in [0.1, 0.15) is 23.1 Å². The fraction of sp³-hybridized carbons (Fsp3) is 0.400. The Labute approximate surface area is 168 Å². The van der Waals surface area contributed by atoms with Crippen molar-refractivity contribution in [3.05, 3.63) is 45.9 Å². The first-order valence-electron chi connectivity index (χ1n) is 9.38. The summed E-state index contributed by atoms with van der Waals surface area (Å²) in [6.45, 7) is 3.05. The Hall–Kier alpha value is -3.22. The van der Waals surface area contributed by atoms with Gasteiger partial charge in [-0.05, 0) is 24.6 Å². The van der Waals surface area contributed by atoms with Crippen LogP contribution >= 0.6 is 0 Å². The van der Waals surface area contributed by atoms with Crippen molar-refractivity contribution in [3.63, 3.8) is 0 Å². The van der Waals surface area contributed by atoms with E-state index in [9.17, 15) is 14.9 Å². The summed E-state index contributed by atoms with van der Waals surface area (Å²) >= 11 is 0. The first-order valence-corrected chi connectivity index (χ1v) is 9.38. The molecule has 1 N–H and O–H groups in total. The lowest BCUT2D eigenvalue weighted by Gasteiger charge is -2.29. The van der Waals surface area contributed by atoms with Crippen LogP contribution in [-0.4, -0.2) is 61.9 Å². The molecule has 1 saturated heterocycles. The SMILES string of the molecule is COCCCNC(=O)/C(C#N)=C/c1c(N2CCOCC2)nc2ccccn2c1=O. The van der Waals surface area contributed by atoms with Crippen molar-refractivity contribution in [3.8, 4) is 6.07 Å². The van der Waals surface area contributed by atoms with Gasteiger partial charge in [-0.3, -0.25) is 14.0 Å². The fourth-order valence-corrected chi connectivity index (χ4v) is 3.04. The van der Waals surface area contributed by atoms with Crippen molar-refractivity contribution in [1.29, 1.82) is 5.26 Å².